The predicted molar refractivity (Wildman–Crippen MR) is 103 cm³/mol. The Morgan fingerprint density at radius 1 is 0.839 bits per heavy atom. The van der Waals surface area contributed by atoms with Gasteiger partial charge in [-0.25, -0.2) is 13.7 Å². The number of fused-ring (bicyclic) bond motifs is 1. The molecule has 3 aromatic rings. The molecule has 31 heavy (non-hydrogen) atoms. The molecule has 1 aliphatic rings. The van der Waals surface area contributed by atoms with Crippen LogP contribution in [0.15, 0.2) is 59.1 Å². The zero-order chi connectivity index (χ0) is 22.5. The lowest BCUT2D eigenvalue weighted by Crippen LogP contribution is -2.29. The van der Waals surface area contributed by atoms with E-state index in [2.05, 4.69) is 15.9 Å². The van der Waals surface area contributed by atoms with Gasteiger partial charge in [0.2, 0.25) is 0 Å². The average molecular weight is 498 g/mol. The molecule has 0 aliphatic carbocycles. The fourth-order valence-corrected chi connectivity index (χ4v) is 3.39. The Balaban J connectivity index is 1.71. The minimum absolute atomic E-state index is 0.0529. The SMILES string of the molecule is O=C1c2ccccc2C(=O)N1c1ccc(Br)c(Oc2c(F)cc(C(F)(F)F)cc2F)c1. The van der Waals surface area contributed by atoms with Crippen LogP contribution in [0.25, 0.3) is 0 Å². The molecule has 2 amide bonds. The molecule has 0 unspecified atom stereocenters. The highest BCUT2D eigenvalue weighted by molar-refractivity contribution is 9.10. The van der Waals surface area contributed by atoms with Crippen LogP contribution in [-0.4, -0.2) is 11.8 Å². The van der Waals surface area contributed by atoms with E-state index in [1.54, 1.807) is 12.1 Å². The third-order valence-corrected chi connectivity index (χ3v) is 5.16. The van der Waals surface area contributed by atoms with E-state index in [-0.39, 0.29) is 39.2 Å². The average Bonchev–Trinajstić information content (AvgIpc) is 2.96. The van der Waals surface area contributed by atoms with E-state index < -0.39 is 40.9 Å². The molecule has 158 valence electrons. The van der Waals surface area contributed by atoms with Crippen LogP contribution in [-0.2, 0) is 6.18 Å². The molecule has 0 saturated carbocycles. The van der Waals surface area contributed by atoms with Crippen molar-refractivity contribution in [2.24, 2.45) is 0 Å². The van der Waals surface area contributed by atoms with Crippen molar-refractivity contribution >= 4 is 33.4 Å². The van der Waals surface area contributed by atoms with Gasteiger partial charge in [0.25, 0.3) is 11.8 Å². The van der Waals surface area contributed by atoms with Crippen LogP contribution in [0.2, 0.25) is 0 Å². The normalized spacial score (nSPS) is 13.5. The van der Waals surface area contributed by atoms with E-state index in [1.165, 1.54) is 30.3 Å². The van der Waals surface area contributed by atoms with Gasteiger partial charge in [-0.3, -0.25) is 9.59 Å². The number of rotatable bonds is 3. The second kappa shape index (κ2) is 7.45. The molecule has 3 aromatic carbocycles. The van der Waals surface area contributed by atoms with Gasteiger partial charge in [-0.2, -0.15) is 13.2 Å². The molecule has 0 bridgehead atoms. The first-order valence-corrected chi connectivity index (χ1v) is 9.38. The number of hydrogen-bond donors (Lipinski definition) is 0. The lowest BCUT2D eigenvalue weighted by atomic mass is 10.1. The van der Waals surface area contributed by atoms with Crippen molar-refractivity contribution in [3.05, 3.63) is 87.4 Å². The van der Waals surface area contributed by atoms with Crippen molar-refractivity contribution in [3.63, 3.8) is 0 Å². The molecule has 0 radical (unpaired) electrons. The van der Waals surface area contributed by atoms with Gasteiger partial charge >= 0.3 is 6.18 Å². The number of carbonyl (C=O) groups is 2. The lowest BCUT2D eigenvalue weighted by Gasteiger charge is -2.17. The maximum absolute atomic E-state index is 14.2. The number of alkyl halides is 3. The number of imide groups is 1. The summed E-state index contributed by atoms with van der Waals surface area (Å²) in [5.41, 5.74) is -1.07. The Hall–Kier alpha value is -3.27. The number of hydrogen-bond acceptors (Lipinski definition) is 3. The minimum atomic E-state index is -4.94. The second-order valence-corrected chi connectivity index (χ2v) is 7.33. The Labute approximate surface area is 180 Å². The lowest BCUT2D eigenvalue weighted by molar-refractivity contribution is -0.138. The van der Waals surface area contributed by atoms with Gasteiger partial charge < -0.3 is 4.74 Å². The minimum Gasteiger partial charge on any atom is -0.450 e. The summed E-state index contributed by atoms with van der Waals surface area (Å²) >= 11 is 3.11. The fraction of sp³-hybridized carbons (Fsp3) is 0.0476. The summed E-state index contributed by atoms with van der Waals surface area (Å²) in [7, 11) is 0. The Kier molecular flexibility index (Phi) is 5.04. The Morgan fingerprint density at radius 3 is 1.90 bits per heavy atom. The van der Waals surface area contributed by atoms with Crippen LogP contribution in [0.3, 0.4) is 0 Å². The van der Waals surface area contributed by atoms with Crippen molar-refractivity contribution in [2.45, 2.75) is 6.18 Å². The third-order valence-electron chi connectivity index (χ3n) is 4.50. The van der Waals surface area contributed by atoms with Gasteiger partial charge in [-0.15, -0.1) is 0 Å². The molecule has 4 rings (SSSR count). The summed E-state index contributed by atoms with van der Waals surface area (Å²) in [6.45, 7) is 0. The van der Waals surface area contributed by atoms with Crippen molar-refractivity contribution in [3.8, 4) is 11.5 Å². The van der Waals surface area contributed by atoms with Gasteiger partial charge in [-0.05, 0) is 52.3 Å². The maximum Gasteiger partial charge on any atom is 0.416 e. The molecule has 10 heteroatoms. The molecular formula is C21H9BrF5NO3. The highest BCUT2D eigenvalue weighted by Crippen LogP contribution is 2.39. The molecule has 1 heterocycles. The van der Waals surface area contributed by atoms with Crippen LogP contribution < -0.4 is 9.64 Å². The summed E-state index contributed by atoms with van der Waals surface area (Å²) in [6, 6.07) is 10.3. The second-order valence-electron chi connectivity index (χ2n) is 6.47. The first-order chi connectivity index (χ1) is 14.6. The Bertz CT molecular complexity index is 1180. The van der Waals surface area contributed by atoms with Gasteiger partial charge in [-0.1, -0.05) is 12.1 Å². The van der Waals surface area contributed by atoms with Crippen molar-refractivity contribution in [1.29, 1.82) is 0 Å². The van der Waals surface area contributed by atoms with Crippen molar-refractivity contribution in [2.75, 3.05) is 4.90 Å². The van der Waals surface area contributed by atoms with Gasteiger partial charge in [0.1, 0.15) is 5.75 Å². The van der Waals surface area contributed by atoms with E-state index in [4.69, 9.17) is 4.74 Å². The topological polar surface area (TPSA) is 46.6 Å². The largest absolute Gasteiger partial charge is 0.450 e. The number of halogens is 6. The molecule has 0 saturated heterocycles. The smallest absolute Gasteiger partial charge is 0.416 e. The predicted octanol–water partition coefficient (Wildman–Crippen LogP) is 6.34. The molecule has 0 atom stereocenters. The standard InChI is InChI=1S/C21H9BrF5NO3/c22-14-6-5-11(28-19(29)12-3-1-2-4-13(12)20(28)30)9-17(14)31-18-15(23)7-10(8-16(18)24)21(25,26)27/h1-9H. The maximum atomic E-state index is 14.2. The highest BCUT2D eigenvalue weighted by Gasteiger charge is 2.37. The zero-order valence-electron chi connectivity index (χ0n) is 15.1. The van der Waals surface area contributed by atoms with Crippen molar-refractivity contribution in [1.82, 2.24) is 0 Å². The van der Waals surface area contributed by atoms with Gasteiger partial charge in [0, 0.05) is 6.07 Å². The highest BCUT2D eigenvalue weighted by atomic mass is 79.9. The van der Waals surface area contributed by atoms with E-state index in [1.807, 2.05) is 0 Å². The van der Waals surface area contributed by atoms with Crippen LogP contribution in [0.4, 0.5) is 27.6 Å². The van der Waals surface area contributed by atoms with Crippen molar-refractivity contribution < 1.29 is 36.3 Å². The number of amides is 2. The number of nitrogens with zero attached hydrogens (tertiary/aromatic N) is 1. The van der Waals surface area contributed by atoms with E-state index in [0.717, 1.165) is 4.90 Å². The molecular weight excluding hydrogens is 489 g/mol. The Morgan fingerprint density at radius 2 is 1.39 bits per heavy atom. The summed E-state index contributed by atoms with van der Waals surface area (Å²) in [5.74, 6) is -5.60. The van der Waals surface area contributed by atoms with Crippen LogP contribution in [0.1, 0.15) is 26.3 Å². The van der Waals surface area contributed by atoms with Crippen LogP contribution in [0.5, 0.6) is 11.5 Å². The molecule has 0 fully saturated rings. The third kappa shape index (κ3) is 3.67. The summed E-state index contributed by atoms with van der Waals surface area (Å²) in [6.07, 6.45) is -4.94. The first-order valence-electron chi connectivity index (χ1n) is 8.59. The summed E-state index contributed by atoms with van der Waals surface area (Å²) < 4.78 is 71.9. The van der Waals surface area contributed by atoms with E-state index >= 15 is 0 Å². The molecule has 4 nitrogen and oxygen atoms in total. The quantitative estimate of drug-likeness (QED) is 0.313. The van der Waals surface area contributed by atoms with Crippen LogP contribution >= 0.6 is 15.9 Å². The monoisotopic (exact) mass is 497 g/mol. The van der Waals surface area contributed by atoms with Gasteiger partial charge in [0.05, 0.1) is 26.9 Å². The fourth-order valence-electron chi connectivity index (χ4n) is 3.06. The molecule has 1 aliphatic heterocycles. The number of benzene rings is 3. The molecule has 0 spiro atoms. The number of ether oxygens (including phenoxy) is 1. The summed E-state index contributed by atoms with van der Waals surface area (Å²) in [5, 5.41) is 0. The number of carbonyl (C=O) groups excluding carboxylic acids is 2. The van der Waals surface area contributed by atoms with Gasteiger partial charge in [0.15, 0.2) is 17.4 Å². The molecule has 0 aromatic heterocycles. The number of anilines is 1. The molecule has 0 N–H and O–H groups in total. The zero-order valence-corrected chi connectivity index (χ0v) is 16.7. The van der Waals surface area contributed by atoms with E-state index in [9.17, 15) is 31.5 Å². The first kappa shape index (κ1) is 21.0. The summed E-state index contributed by atoms with van der Waals surface area (Å²) in [4.78, 5) is 26.1. The van der Waals surface area contributed by atoms with E-state index in [0.29, 0.717) is 0 Å². The van der Waals surface area contributed by atoms with Crippen LogP contribution in [0, 0.1) is 11.6 Å².